The molecule has 0 aliphatic heterocycles. The molecular formula is C12H17F3N2O. The Morgan fingerprint density at radius 2 is 2.00 bits per heavy atom. The third-order valence-corrected chi connectivity index (χ3v) is 2.41. The molecule has 1 heterocycles. The van der Waals surface area contributed by atoms with Crippen LogP contribution in [0.25, 0.3) is 0 Å². The third kappa shape index (κ3) is 4.27. The van der Waals surface area contributed by atoms with Crippen LogP contribution in [0.15, 0.2) is 18.5 Å². The summed E-state index contributed by atoms with van der Waals surface area (Å²) in [6, 6.07) is 0.876. The molecule has 1 atom stereocenters. The number of hydrogen-bond acceptors (Lipinski definition) is 3. The molecule has 0 amide bonds. The van der Waals surface area contributed by atoms with Crippen molar-refractivity contribution in [1.29, 1.82) is 0 Å². The fourth-order valence-electron chi connectivity index (χ4n) is 1.55. The molecule has 1 unspecified atom stereocenters. The SMILES string of the molecule is CC(C)CNCC(O)c1cnccc1C(F)(F)F. The lowest BCUT2D eigenvalue weighted by Crippen LogP contribution is -2.26. The zero-order chi connectivity index (χ0) is 13.8. The molecule has 3 nitrogen and oxygen atoms in total. The van der Waals surface area contributed by atoms with Crippen LogP contribution in [0.4, 0.5) is 13.2 Å². The Morgan fingerprint density at radius 3 is 2.56 bits per heavy atom. The molecule has 1 rings (SSSR count). The predicted octanol–water partition coefficient (Wildman–Crippen LogP) is 2.38. The van der Waals surface area contributed by atoms with Crippen LogP contribution in [0.1, 0.15) is 31.1 Å². The Balaban J connectivity index is 2.76. The molecule has 1 aromatic heterocycles. The van der Waals surface area contributed by atoms with E-state index in [1.54, 1.807) is 0 Å². The summed E-state index contributed by atoms with van der Waals surface area (Å²) in [6.45, 7) is 4.67. The van der Waals surface area contributed by atoms with Crippen LogP contribution in [0.5, 0.6) is 0 Å². The van der Waals surface area contributed by atoms with Crippen LogP contribution in [0.3, 0.4) is 0 Å². The second kappa shape index (κ2) is 6.15. The maximum Gasteiger partial charge on any atom is 0.416 e. The summed E-state index contributed by atoms with van der Waals surface area (Å²) in [5.41, 5.74) is -1.03. The summed E-state index contributed by atoms with van der Waals surface area (Å²) in [5, 5.41) is 12.7. The van der Waals surface area contributed by atoms with Gasteiger partial charge in [-0.05, 0) is 18.5 Å². The Morgan fingerprint density at radius 1 is 1.33 bits per heavy atom. The quantitative estimate of drug-likeness (QED) is 0.856. The first-order valence-corrected chi connectivity index (χ1v) is 5.72. The van der Waals surface area contributed by atoms with Crippen molar-refractivity contribution in [2.24, 2.45) is 5.92 Å². The highest BCUT2D eigenvalue weighted by molar-refractivity contribution is 5.28. The van der Waals surface area contributed by atoms with Gasteiger partial charge < -0.3 is 10.4 Å². The average Bonchev–Trinajstić information content (AvgIpc) is 2.27. The first-order chi connectivity index (χ1) is 8.32. The normalized spacial score (nSPS) is 13.9. The van der Waals surface area contributed by atoms with Crippen LogP contribution >= 0.6 is 0 Å². The minimum absolute atomic E-state index is 0.0763. The molecule has 0 aliphatic rings. The lowest BCUT2D eigenvalue weighted by Gasteiger charge is -2.17. The Hall–Kier alpha value is -1.14. The van der Waals surface area contributed by atoms with Gasteiger partial charge in [0.15, 0.2) is 0 Å². The van der Waals surface area contributed by atoms with Gasteiger partial charge in [0.1, 0.15) is 0 Å². The first kappa shape index (κ1) is 14.9. The summed E-state index contributed by atoms with van der Waals surface area (Å²) < 4.78 is 38.1. The van der Waals surface area contributed by atoms with Crippen LogP contribution in [0, 0.1) is 5.92 Å². The molecule has 102 valence electrons. The van der Waals surface area contributed by atoms with Gasteiger partial charge in [-0.15, -0.1) is 0 Å². The van der Waals surface area contributed by atoms with E-state index in [4.69, 9.17) is 0 Å². The second-order valence-corrected chi connectivity index (χ2v) is 4.53. The number of aliphatic hydroxyl groups is 1. The molecule has 0 radical (unpaired) electrons. The van der Waals surface area contributed by atoms with Crippen molar-refractivity contribution in [1.82, 2.24) is 10.3 Å². The Bertz CT molecular complexity index is 380. The zero-order valence-corrected chi connectivity index (χ0v) is 10.3. The summed E-state index contributed by atoms with van der Waals surface area (Å²) in [7, 11) is 0. The van der Waals surface area contributed by atoms with Gasteiger partial charge >= 0.3 is 6.18 Å². The second-order valence-electron chi connectivity index (χ2n) is 4.53. The maximum atomic E-state index is 12.7. The molecule has 0 aromatic carbocycles. The van der Waals surface area contributed by atoms with E-state index in [9.17, 15) is 18.3 Å². The largest absolute Gasteiger partial charge is 0.416 e. The van der Waals surface area contributed by atoms with E-state index in [-0.39, 0.29) is 12.1 Å². The van der Waals surface area contributed by atoms with Gasteiger partial charge in [0.2, 0.25) is 0 Å². The molecule has 18 heavy (non-hydrogen) atoms. The minimum Gasteiger partial charge on any atom is -0.387 e. The molecule has 0 bridgehead atoms. The van der Waals surface area contributed by atoms with E-state index in [1.165, 1.54) is 0 Å². The van der Waals surface area contributed by atoms with Gasteiger partial charge in [0, 0.05) is 24.5 Å². The van der Waals surface area contributed by atoms with Crippen LogP contribution in [-0.2, 0) is 6.18 Å². The van der Waals surface area contributed by atoms with Crippen LogP contribution in [-0.4, -0.2) is 23.2 Å². The smallest absolute Gasteiger partial charge is 0.387 e. The van der Waals surface area contributed by atoms with Gasteiger partial charge in [-0.1, -0.05) is 13.8 Å². The zero-order valence-electron chi connectivity index (χ0n) is 10.3. The monoisotopic (exact) mass is 262 g/mol. The lowest BCUT2D eigenvalue weighted by atomic mass is 10.0. The Kier molecular flexibility index (Phi) is 5.10. The number of rotatable bonds is 5. The van der Waals surface area contributed by atoms with Crippen molar-refractivity contribution >= 4 is 0 Å². The topological polar surface area (TPSA) is 45.1 Å². The number of alkyl halides is 3. The van der Waals surface area contributed by atoms with Gasteiger partial charge in [-0.2, -0.15) is 13.2 Å². The van der Waals surface area contributed by atoms with E-state index in [2.05, 4.69) is 10.3 Å². The van der Waals surface area contributed by atoms with E-state index >= 15 is 0 Å². The number of halogens is 3. The van der Waals surface area contributed by atoms with Crippen molar-refractivity contribution in [3.8, 4) is 0 Å². The number of aliphatic hydroxyl groups excluding tert-OH is 1. The van der Waals surface area contributed by atoms with Crippen molar-refractivity contribution in [3.63, 3.8) is 0 Å². The van der Waals surface area contributed by atoms with Crippen molar-refractivity contribution in [3.05, 3.63) is 29.6 Å². The van der Waals surface area contributed by atoms with Gasteiger partial charge in [0.25, 0.3) is 0 Å². The molecule has 2 N–H and O–H groups in total. The molecule has 1 aromatic rings. The number of aromatic nitrogens is 1. The summed E-state index contributed by atoms with van der Waals surface area (Å²) in [5.74, 6) is 0.369. The molecule has 6 heteroatoms. The molecule has 0 spiro atoms. The first-order valence-electron chi connectivity index (χ1n) is 5.72. The highest BCUT2D eigenvalue weighted by Gasteiger charge is 2.34. The van der Waals surface area contributed by atoms with Gasteiger partial charge in [0.05, 0.1) is 11.7 Å². The molecular weight excluding hydrogens is 245 g/mol. The van der Waals surface area contributed by atoms with Crippen molar-refractivity contribution in [2.75, 3.05) is 13.1 Å². The summed E-state index contributed by atoms with van der Waals surface area (Å²) in [4.78, 5) is 3.64. The van der Waals surface area contributed by atoms with E-state index < -0.39 is 17.8 Å². The number of hydrogen-bond donors (Lipinski definition) is 2. The maximum absolute atomic E-state index is 12.7. The minimum atomic E-state index is -4.47. The highest BCUT2D eigenvalue weighted by Crippen LogP contribution is 2.33. The number of pyridine rings is 1. The summed E-state index contributed by atoms with van der Waals surface area (Å²) >= 11 is 0. The number of nitrogens with one attached hydrogen (secondary N) is 1. The molecule has 0 saturated carbocycles. The van der Waals surface area contributed by atoms with E-state index in [0.29, 0.717) is 12.5 Å². The molecule has 0 aliphatic carbocycles. The molecule has 0 saturated heterocycles. The van der Waals surface area contributed by atoms with Crippen molar-refractivity contribution in [2.45, 2.75) is 26.1 Å². The van der Waals surface area contributed by atoms with Gasteiger partial charge in [-0.3, -0.25) is 4.98 Å². The molecule has 0 fully saturated rings. The predicted molar refractivity (Wildman–Crippen MR) is 61.9 cm³/mol. The van der Waals surface area contributed by atoms with E-state index in [1.807, 2.05) is 13.8 Å². The lowest BCUT2D eigenvalue weighted by molar-refractivity contribution is -0.139. The van der Waals surface area contributed by atoms with Crippen LogP contribution < -0.4 is 5.32 Å². The van der Waals surface area contributed by atoms with Gasteiger partial charge in [-0.25, -0.2) is 0 Å². The van der Waals surface area contributed by atoms with E-state index in [0.717, 1.165) is 18.5 Å². The summed E-state index contributed by atoms with van der Waals surface area (Å²) in [6.07, 6.45) is -3.56. The van der Waals surface area contributed by atoms with Crippen molar-refractivity contribution < 1.29 is 18.3 Å². The number of nitrogens with zero attached hydrogens (tertiary/aromatic N) is 1. The average molecular weight is 262 g/mol. The fourth-order valence-corrected chi connectivity index (χ4v) is 1.55. The highest BCUT2D eigenvalue weighted by atomic mass is 19.4. The Labute approximate surface area is 104 Å². The fraction of sp³-hybridized carbons (Fsp3) is 0.583. The third-order valence-electron chi connectivity index (χ3n) is 2.41. The van der Waals surface area contributed by atoms with Crippen LogP contribution in [0.2, 0.25) is 0 Å². The standard InChI is InChI=1S/C12H17F3N2O/c1-8(2)5-17-7-11(18)9-6-16-4-3-10(9)12(13,14)15/h3-4,6,8,11,17-18H,5,7H2,1-2H3.